The van der Waals surface area contributed by atoms with Crippen molar-refractivity contribution in [3.63, 3.8) is 0 Å². The molecule has 5 heteroatoms. The molecule has 78 valence electrons. The van der Waals surface area contributed by atoms with Gasteiger partial charge in [0.1, 0.15) is 0 Å². The molecule has 1 rings (SSSR count). The topological polar surface area (TPSA) is 24.9 Å². The Morgan fingerprint density at radius 2 is 2.29 bits per heavy atom. The van der Waals surface area contributed by atoms with E-state index in [1.807, 2.05) is 0 Å². The Morgan fingerprint density at radius 3 is 2.86 bits per heavy atom. The molecule has 0 unspecified atom stereocenters. The molecule has 14 heavy (non-hydrogen) atoms. The van der Waals surface area contributed by atoms with E-state index < -0.39 is 12.5 Å². The maximum Gasteiger partial charge on any atom is 0.264 e. The summed E-state index contributed by atoms with van der Waals surface area (Å²) in [5.41, 5.74) is 0.481. The molecule has 0 spiro atoms. The highest BCUT2D eigenvalue weighted by atomic mass is 35.5. The largest absolute Gasteiger partial charge is 0.378 e. The van der Waals surface area contributed by atoms with Crippen LogP contribution >= 0.6 is 11.6 Å². The zero-order valence-electron chi connectivity index (χ0n) is 7.73. The van der Waals surface area contributed by atoms with Crippen LogP contribution in [0, 0.1) is 0 Å². The number of halogens is 3. The summed E-state index contributed by atoms with van der Waals surface area (Å²) >= 11 is 5.73. The van der Waals surface area contributed by atoms with Gasteiger partial charge in [-0.3, -0.25) is 4.98 Å². The van der Waals surface area contributed by atoms with Crippen LogP contribution in [0.2, 0.25) is 5.02 Å². The normalized spacial score (nSPS) is 11.4. The van der Waals surface area contributed by atoms with Crippen LogP contribution in [-0.2, 0) is 0 Å². The van der Waals surface area contributed by atoms with Gasteiger partial charge in [0.2, 0.25) is 0 Å². The van der Waals surface area contributed by atoms with Crippen LogP contribution in [0.5, 0.6) is 0 Å². The van der Waals surface area contributed by atoms with Crippen molar-refractivity contribution in [1.29, 1.82) is 0 Å². The number of nitrogens with zero attached hydrogens (tertiary/aromatic N) is 1. The van der Waals surface area contributed by atoms with E-state index in [2.05, 4.69) is 10.3 Å². The van der Waals surface area contributed by atoms with Gasteiger partial charge in [-0.05, 0) is 6.07 Å². The van der Waals surface area contributed by atoms with Gasteiger partial charge in [-0.25, -0.2) is 8.78 Å². The van der Waals surface area contributed by atoms with Gasteiger partial charge < -0.3 is 5.32 Å². The quantitative estimate of drug-likeness (QED) is 0.843. The van der Waals surface area contributed by atoms with E-state index in [0.717, 1.165) is 0 Å². The summed E-state index contributed by atoms with van der Waals surface area (Å²) in [6.45, 7) is 1.03. The molecule has 0 amide bonds. The highest BCUT2D eigenvalue weighted by molar-refractivity contribution is 6.33. The summed E-state index contributed by atoms with van der Waals surface area (Å²) < 4.78 is 25.7. The van der Waals surface area contributed by atoms with E-state index >= 15 is 0 Å². The molecule has 0 atom stereocenters. The Hall–Kier alpha value is -0.900. The molecule has 0 aliphatic carbocycles. The predicted octanol–water partition coefficient (Wildman–Crippen LogP) is 3.19. The van der Waals surface area contributed by atoms with Gasteiger partial charge in [-0.2, -0.15) is 0 Å². The van der Waals surface area contributed by atoms with Crippen LogP contribution in [0.15, 0.2) is 18.5 Å². The first-order valence-corrected chi connectivity index (χ1v) is 4.64. The maximum atomic E-state index is 12.8. The smallest absolute Gasteiger partial charge is 0.264 e. The Labute approximate surface area is 86.3 Å². The molecular weight excluding hydrogens is 210 g/mol. The molecule has 0 radical (unpaired) electrons. The molecule has 0 aliphatic rings. The molecule has 1 aromatic heterocycles. The second kappa shape index (κ2) is 4.55. The second-order valence-corrected chi connectivity index (χ2v) is 3.33. The molecule has 0 saturated carbocycles. The van der Waals surface area contributed by atoms with Gasteiger partial charge in [0.25, 0.3) is 5.92 Å². The fourth-order valence-corrected chi connectivity index (χ4v) is 1.05. The fraction of sp³-hybridized carbons (Fsp3) is 0.444. The lowest BCUT2D eigenvalue weighted by Gasteiger charge is -2.15. The van der Waals surface area contributed by atoms with E-state index in [9.17, 15) is 8.78 Å². The average Bonchev–Trinajstić information content (AvgIpc) is 2.17. The molecule has 2 nitrogen and oxygen atoms in total. The average molecular weight is 221 g/mol. The highest BCUT2D eigenvalue weighted by Gasteiger charge is 2.25. The zero-order valence-corrected chi connectivity index (χ0v) is 8.48. The standard InChI is InChI=1S/C9H11ClF2N2/c1-2-9(11,12)6-14-8-3-4-13-5-7(8)10/h3-5H,2,6H2,1H3,(H,13,14). The number of hydrogen-bond donors (Lipinski definition) is 1. The lowest BCUT2D eigenvalue weighted by molar-refractivity contribution is 0.0116. The molecule has 0 aliphatic heterocycles. The number of rotatable bonds is 4. The third-order valence-corrected chi connectivity index (χ3v) is 2.13. The number of hydrogen-bond acceptors (Lipinski definition) is 2. The molecule has 0 bridgehead atoms. The summed E-state index contributed by atoms with van der Waals surface area (Å²) in [7, 11) is 0. The fourth-order valence-electron chi connectivity index (χ4n) is 0.868. The van der Waals surface area contributed by atoms with Crippen molar-refractivity contribution in [2.75, 3.05) is 11.9 Å². The van der Waals surface area contributed by atoms with Crippen molar-refractivity contribution in [3.05, 3.63) is 23.5 Å². The van der Waals surface area contributed by atoms with E-state index in [-0.39, 0.29) is 6.42 Å². The summed E-state index contributed by atoms with van der Waals surface area (Å²) in [5.74, 6) is -2.70. The lowest BCUT2D eigenvalue weighted by atomic mass is 10.2. The minimum Gasteiger partial charge on any atom is -0.378 e. The van der Waals surface area contributed by atoms with Crippen LogP contribution in [0.4, 0.5) is 14.5 Å². The van der Waals surface area contributed by atoms with Crippen molar-refractivity contribution in [1.82, 2.24) is 4.98 Å². The minimum absolute atomic E-state index is 0.192. The number of nitrogens with one attached hydrogen (secondary N) is 1. The molecule has 0 fully saturated rings. The minimum atomic E-state index is -2.70. The molecule has 1 heterocycles. The van der Waals surface area contributed by atoms with E-state index in [1.54, 1.807) is 6.07 Å². The van der Waals surface area contributed by atoms with Crippen LogP contribution in [-0.4, -0.2) is 17.5 Å². The SMILES string of the molecule is CCC(F)(F)CNc1ccncc1Cl. The zero-order chi connectivity index (χ0) is 10.6. The van der Waals surface area contributed by atoms with E-state index in [1.165, 1.54) is 19.3 Å². The Bertz CT molecular complexity index is 305. The Kier molecular flexibility index (Phi) is 3.63. The van der Waals surface area contributed by atoms with E-state index in [4.69, 9.17) is 11.6 Å². The first-order chi connectivity index (χ1) is 6.55. The van der Waals surface area contributed by atoms with Gasteiger partial charge in [0.15, 0.2) is 0 Å². The number of anilines is 1. The van der Waals surface area contributed by atoms with E-state index in [0.29, 0.717) is 10.7 Å². The third kappa shape index (κ3) is 3.10. The van der Waals surface area contributed by atoms with Crippen molar-refractivity contribution in [2.45, 2.75) is 19.3 Å². The maximum absolute atomic E-state index is 12.8. The number of aromatic nitrogens is 1. The third-order valence-electron chi connectivity index (χ3n) is 1.83. The Morgan fingerprint density at radius 1 is 1.57 bits per heavy atom. The lowest BCUT2D eigenvalue weighted by Crippen LogP contribution is -2.26. The highest BCUT2D eigenvalue weighted by Crippen LogP contribution is 2.23. The number of alkyl halides is 2. The van der Waals surface area contributed by atoms with Crippen molar-refractivity contribution < 1.29 is 8.78 Å². The van der Waals surface area contributed by atoms with Gasteiger partial charge in [0.05, 0.1) is 17.3 Å². The summed E-state index contributed by atoms with van der Waals surface area (Å²) in [6, 6.07) is 1.56. The Balaban J connectivity index is 2.58. The van der Waals surface area contributed by atoms with Crippen molar-refractivity contribution in [2.24, 2.45) is 0 Å². The number of pyridine rings is 1. The van der Waals surface area contributed by atoms with Crippen LogP contribution < -0.4 is 5.32 Å². The summed E-state index contributed by atoms with van der Waals surface area (Å²) in [4.78, 5) is 3.75. The van der Waals surface area contributed by atoms with Gasteiger partial charge in [-0.15, -0.1) is 0 Å². The molecule has 0 aromatic carbocycles. The van der Waals surface area contributed by atoms with Crippen molar-refractivity contribution >= 4 is 17.3 Å². The first kappa shape index (κ1) is 11.2. The van der Waals surface area contributed by atoms with Crippen molar-refractivity contribution in [3.8, 4) is 0 Å². The molecular formula is C9H11ClF2N2. The van der Waals surface area contributed by atoms with Gasteiger partial charge >= 0.3 is 0 Å². The van der Waals surface area contributed by atoms with Crippen LogP contribution in [0.25, 0.3) is 0 Å². The van der Waals surface area contributed by atoms with Gasteiger partial charge in [-0.1, -0.05) is 18.5 Å². The van der Waals surface area contributed by atoms with Gasteiger partial charge in [0, 0.05) is 18.8 Å². The molecule has 1 N–H and O–H groups in total. The summed E-state index contributed by atoms with van der Waals surface area (Å²) in [5, 5.41) is 2.93. The molecule has 0 saturated heterocycles. The second-order valence-electron chi connectivity index (χ2n) is 2.92. The monoisotopic (exact) mass is 220 g/mol. The van der Waals surface area contributed by atoms with Crippen LogP contribution in [0.1, 0.15) is 13.3 Å². The predicted molar refractivity (Wildman–Crippen MR) is 53.0 cm³/mol. The summed E-state index contributed by atoms with van der Waals surface area (Å²) in [6.07, 6.45) is 2.72. The first-order valence-electron chi connectivity index (χ1n) is 4.26. The van der Waals surface area contributed by atoms with Crippen LogP contribution in [0.3, 0.4) is 0 Å². The molecule has 1 aromatic rings.